The maximum atomic E-state index is 4.72. The fraction of sp³-hybridized carbons (Fsp3) is 0.500. The highest BCUT2D eigenvalue weighted by Crippen LogP contribution is 2.33. The molecule has 0 aromatic carbocycles. The SMILES string of the molecule is Cc1ccc2[nH]c(C)c(C3CCNCC3)c2n1. The molecule has 1 aliphatic rings. The second-order valence-electron chi connectivity index (χ2n) is 5.04. The van der Waals surface area contributed by atoms with E-state index >= 15 is 0 Å². The number of nitrogens with one attached hydrogen (secondary N) is 2. The molecule has 0 atom stereocenters. The molecule has 1 aliphatic heterocycles. The fourth-order valence-electron chi connectivity index (χ4n) is 2.92. The minimum Gasteiger partial charge on any atom is -0.357 e. The molecule has 3 heterocycles. The number of aromatic amines is 1. The van der Waals surface area contributed by atoms with Crippen LogP contribution in [-0.2, 0) is 0 Å². The third-order valence-corrected chi connectivity index (χ3v) is 3.76. The van der Waals surface area contributed by atoms with Crippen LogP contribution >= 0.6 is 0 Å². The van der Waals surface area contributed by atoms with E-state index in [1.165, 1.54) is 35.1 Å². The van der Waals surface area contributed by atoms with Crippen molar-refractivity contribution in [3.05, 3.63) is 29.1 Å². The van der Waals surface area contributed by atoms with Gasteiger partial charge in [-0.2, -0.15) is 0 Å². The van der Waals surface area contributed by atoms with Gasteiger partial charge in [-0.1, -0.05) is 0 Å². The van der Waals surface area contributed by atoms with Crippen LogP contribution in [0.15, 0.2) is 12.1 Å². The number of piperidine rings is 1. The van der Waals surface area contributed by atoms with Gasteiger partial charge in [0.2, 0.25) is 0 Å². The van der Waals surface area contributed by atoms with Gasteiger partial charge in [-0.25, -0.2) is 0 Å². The van der Waals surface area contributed by atoms with Gasteiger partial charge in [0.1, 0.15) is 0 Å². The molecule has 2 N–H and O–H groups in total. The van der Waals surface area contributed by atoms with Crippen molar-refractivity contribution < 1.29 is 0 Å². The molecule has 0 aliphatic carbocycles. The summed E-state index contributed by atoms with van der Waals surface area (Å²) in [7, 11) is 0. The first-order valence-corrected chi connectivity index (χ1v) is 6.42. The second kappa shape index (κ2) is 4.15. The monoisotopic (exact) mass is 229 g/mol. The Morgan fingerprint density at radius 3 is 2.71 bits per heavy atom. The van der Waals surface area contributed by atoms with Gasteiger partial charge in [0, 0.05) is 17.0 Å². The van der Waals surface area contributed by atoms with Crippen LogP contribution in [0.1, 0.15) is 35.7 Å². The van der Waals surface area contributed by atoms with Gasteiger partial charge < -0.3 is 10.3 Å². The van der Waals surface area contributed by atoms with Crippen LogP contribution in [-0.4, -0.2) is 23.1 Å². The highest BCUT2D eigenvalue weighted by Gasteiger charge is 2.21. The third-order valence-electron chi connectivity index (χ3n) is 3.76. The molecule has 0 radical (unpaired) electrons. The zero-order valence-electron chi connectivity index (χ0n) is 10.5. The van der Waals surface area contributed by atoms with Gasteiger partial charge in [-0.05, 0) is 57.8 Å². The van der Waals surface area contributed by atoms with E-state index in [4.69, 9.17) is 4.98 Å². The summed E-state index contributed by atoms with van der Waals surface area (Å²) in [6, 6.07) is 4.22. The summed E-state index contributed by atoms with van der Waals surface area (Å²) >= 11 is 0. The molecule has 0 bridgehead atoms. The van der Waals surface area contributed by atoms with Crippen LogP contribution in [0.3, 0.4) is 0 Å². The smallest absolute Gasteiger partial charge is 0.0919 e. The predicted molar refractivity (Wildman–Crippen MR) is 70.4 cm³/mol. The molecule has 3 rings (SSSR count). The number of hydrogen-bond acceptors (Lipinski definition) is 2. The van der Waals surface area contributed by atoms with E-state index in [0.717, 1.165) is 18.8 Å². The molecular formula is C14H19N3. The molecular weight excluding hydrogens is 210 g/mol. The largest absolute Gasteiger partial charge is 0.357 e. The van der Waals surface area contributed by atoms with Crippen molar-refractivity contribution in [2.75, 3.05) is 13.1 Å². The summed E-state index contributed by atoms with van der Waals surface area (Å²) in [5.41, 5.74) is 6.22. The van der Waals surface area contributed by atoms with E-state index in [0.29, 0.717) is 5.92 Å². The van der Waals surface area contributed by atoms with E-state index < -0.39 is 0 Å². The second-order valence-corrected chi connectivity index (χ2v) is 5.04. The highest BCUT2D eigenvalue weighted by molar-refractivity contribution is 5.81. The van der Waals surface area contributed by atoms with Crippen molar-refractivity contribution in [1.82, 2.24) is 15.3 Å². The Balaban J connectivity index is 2.13. The maximum absolute atomic E-state index is 4.72. The number of aryl methyl sites for hydroxylation is 2. The summed E-state index contributed by atoms with van der Waals surface area (Å²) in [6.07, 6.45) is 2.45. The van der Waals surface area contributed by atoms with Crippen LogP contribution in [0.25, 0.3) is 11.0 Å². The summed E-state index contributed by atoms with van der Waals surface area (Å²) in [6.45, 7) is 6.49. The van der Waals surface area contributed by atoms with Gasteiger partial charge in [0.15, 0.2) is 0 Å². The lowest BCUT2D eigenvalue weighted by atomic mass is 9.89. The van der Waals surface area contributed by atoms with Gasteiger partial charge in [-0.15, -0.1) is 0 Å². The van der Waals surface area contributed by atoms with Gasteiger partial charge >= 0.3 is 0 Å². The first kappa shape index (κ1) is 10.8. The minimum absolute atomic E-state index is 0.666. The molecule has 0 spiro atoms. The van der Waals surface area contributed by atoms with Crippen molar-refractivity contribution in [2.24, 2.45) is 0 Å². The average Bonchev–Trinajstić information content (AvgIpc) is 2.65. The average molecular weight is 229 g/mol. The van der Waals surface area contributed by atoms with Crippen molar-refractivity contribution in [3.63, 3.8) is 0 Å². The fourth-order valence-corrected chi connectivity index (χ4v) is 2.92. The van der Waals surface area contributed by atoms with Crippen LogP contribution in [0, 0.1) is 13.8 Å². The number of pyridine rings is 1. The summed E-state index contributed by atoms with van der Waals surface area (Å²) in [5.74, 6) is 0.666. The number of fused-ring (bicyclic) bond motifs is 1. The third kappa shape index (κ3) is 1.84. The van der Waals surface area contributed by atoms with E-state index in [1.807, 2.05) is 0 Å². The van der Waals surface area contributed by atoms with E-state index in [-0.39, 0.29) is 0 Å². The van der Waals surface area contributed by atoms with E-state index in [9.17, 15) is 0 Å². The summed E-state index contributed by atoms with van der Waals surface area (Å²) in [5, 5.41) is 3.42. The molecule has 1 saturated heterocycles. The van der Waals surface area contributed by atoms with E-state index in [2.05, 4.69) is 36.3 Å². The molecule has 2 aromatic rings. The van der Waals surface area contributed by atoms with Gasteiger partial charge in [-0.3, -0.25) is 4.98 Å². The lowest BCUT2D eigenvalue weighted by Crippen LogP contribution is -2.26. The highest BCUT2D eigenvalue weighted by atomic mass is 14.9. The summed E-state index contributed by atoms with van der Waals surface area (Å²) < 4.78 is 0. The number of nitrogens with zero attached hydrogens (tertiary/aromatic N) is 1. The Kier molecular flexibility index (Phi) is 2.63. The Bertz CT molecular complexity index is 536. The lowest BCUT2D eigenvalue weighted by Gasteiger charge is -2.22. The van der Waals surface area contributed by atoms with Gasteiger partial charge in [0.25, 0.3) is 0 Å². The molecule has 0 unspecified atom stereocenters. The molecule has 3 nitrogen and oxygen atoms in total. The van der Waals surface area contributed by atoms with Crippen molar-refractivity contribution in [1.29, 1.82) is 0 Å². The number of hydrogen-bond donors (Lipinski definition) is 2. The first-order chi connectivity index (χ1) is 8.25. The standard InChI is InChI=1S/C14H19N3/c1-9-3-4-12-14(16-9)13(10(2)17-12)11-5-7-15-8-6-11/h3-4,11,15,17H,5-8H2,1-2H3. The van der Waals surface area contributed by atoms with Crippen molar-refractivity contribution in [3.8, 4) is 0 Å². The number of H-pyrrole nitrogens is 1. The molecule has 0 amide bonds. The molecule has 2 aromatic heterocycles. The molecule has 3 heteroatoms. The Morgan fingerprint density at radius 2 is 1.94 bits per heavy atom. The zero-order chi connectivity index (χ0) is 11.8. The van der Waals surface area contributed by atoms with Crippen LogP contribution in [0.5, 0.6) is 0 Å². The topological polar surface area (TPSA) is 40.7 Å². The Morgan fingerprint density at radius 1 is 1.18 bits per heavy atom. The quantitative estimate of drug-likeness (QED) is 0.789. The zero-order valence-corrected chi connectivity index (χ0v) is 10.5. The molecule has 0 saturated carbocycles. The van der Waals surface area contributed by atoms with Crippen LogP contribution < -0.4 is 5.32 Å². The maximum Gasteiger partial charge on any atom is 0.0919 e. The van der Waals surface area contributed by atoms with E-state index in [1.54, 1.807) is 0 Å². The molecule has 90 valence electrons. The Labute approximate surface area is 102 Å². The van der Waals surface area contributed by atoms with Crippen LogP contribution in [0.4, 0.5) is 0 Å². The van der Waals surface area contributed by atoms with Crippen molar-refractivity contribution in [2.45, 2.75) is 32.6 Å². The number of aromatic nitrogens is 2. The number of rotatable bonds is 1. The lowest BCUT2D eigenvalue weighted by molar-refractivity contribution is 0.460. The minimum atomic E-state index is 0.666. The first-order valence-electron chi connectivity index (χ1n) is 6.42. The van der Waals surface area contributed by atoms with Crippen LogP contribution in [0.2, 0.25) is 0 Å². The summed E-state index contributed by atoms with van der Waals surface area (Å²) in [4.78, 5) is 8.19. The normalized spacial score (nSPS) is 17.8. The molecule has 1 fully saturated rings. The molecule has 17 heavy (non-hydrogen) atoms. The van der Waals surface area contributed by atoms with Crippen molar-refractivity contribution >= 4 is 11.0 Å². The predicted octanol–water partition coefficient (Wildman–Crippen LogP) is 2.65. The van der Waals surface area contributed by atoms with Gasteiger partial charge in [0.05, 0.1) is 11.0 Å². The Hall–Kier alpha value is -1.35.